The fourth-order valence-corrected chi connectivity index (χ4v) is 3.70. The third-order valence-corrected chi connectivity index (χ3v) is 5.75. The third kappa shape index (κ3) is 9.95. The number of pyridine rings is 6. The van der Waals surface area contributed by atoms with Crippen LogP contribution in [0.4, 0.5) is 22.7 Å². The van der Waals surface area contributed by atoms with Crippen LogP contribution in [0.1, 0.15) is 11.1 Å². The first-order valence-corrected chi connectivity index (χ1v) is 13.0. The predicted octanol–water partition coefficient (Wildman–Crippen LogP) is 5.37. The van der Waals surface area contributed by atoms with Gasteiger partial charge in [-0.25, -0.2) is 0 Å². The van der Waals surface area contributed by atoms with Gasteiger partial charge in [-0.3, -0.25) is 29.9 Å². The van der Waals surface area contributed by atoms with Gasteiger partial charge in [0.25, 0.3) is 0 Å². The van der Waals surface area contributed by atoms with Crippen molar-refractivity contribution >= 4 is 22.7 Å². The van der Waals surface area contributed by atoms with Crippen LogP contribution in [0.25, 0.3) is 34.2 Å². The standard InChI is InChI=1S/C12H12N2.2C10H10N4.Ru/c1-9-3-5-13-11(7-9)12-8-10(2)4-6-14-12;2*11-7-1-3-13-9(5-7)10-6-8(12)2-4-14-10;/h3-8H,1-2H3;2*1-6H,(H2,11,13)(H2,12,14);. The first-order chi connectivity index (χ1) is 20.3. The molecule has 43 heavy (non-hydrogen) atoms. The number of nitrogens with zero attached hydrogens (tertiary/aromatic N) is 6. The molecule has 0 atom stereocenters. The molecule has 0 radical (unpaired) electrons. The van der Waals surface area contributed by atoms with Crippen molar-refractivity contribution in [2.24, 2.45) is 0 Å². The number of aromatic nitrogens is 6. The maximum absolute atomic E-state index is 5.63. The number of hydrogen-bond acceptors (Lipinski definition) is 10. The fraction of sp³-hybridized carbons (Fsp3) is 0.0625. The summed E-state index contributed by atoms with van der Waals surface area (Å²) in [5.41, 5.74) is 32.4. The molecule has 0 saturated carbocycles. The molecule has 10 nitrogen and oxygen atoms in total. The number of rotatable bonds is 3. The van der Waals surface area contributed by atoms with E-state index in [1.165, 1.54) is 11.1 Å². The third-order valence-electron chi connectivity index (χ3n) is 5.75. The van der Waals surface area contributed by atoms with Crippen LogP contribution in [0.5, 0.6) is 0 Å². The topological polar surface area (TPSA) is 181 Å². The van der Waals surface area contributed by atoms with E-state index in [2.05, 4.69) is 43.8 Å². The summed E-state index contributed by atoms with van der Waals surface area (Å²) in [5.74, 6) is 0. The van der Waals surface area contributed by atoms with E-state index in [0.717, 1.165) is 34.2 Å². The Labute approximate surface area is 263 Å². The molecule has 0 aliphatic heterocycles. The Bertz CT molecular complexity index is 1440. The zero-order valence-corrected chi connectivity index (χ0v) is 25.5. The number of nitrogen functional groups attached to an aromatic ring is 4. The normalized spacial score (nSPS) is 9.81. The van der Waals surface area contributed by atoms with E-state index in [1.54, 1.807) is 73.3 Å². The fourth-order valence-electron chi connectivity index (χ4n) is 3.70. The van der Waals surface area contributed by atoms with Gasteiger partial charge in [-0.1, -0.05) is 0 Å². The number of aryl methyl sites for hydroxylation is 2. The molecule has 6 rings (SSSR count). The second kappa shape index (κ2) is 15.6. The molecular formula is C32H32N10Ru. The first kappa shape index (κ1) is 32.2. The summed E-state index contributed by atoms with van der Waals surface area (Å²) in [5, 5.41) is 0. The molecule has 0 spiro atoms. The molecule has 218 valence electrons. The molecule has 0 aliphatic rings. The quantitative estimate of drug-likeness (QED) is 0.181. The van der Waals surface area contributed by atoms with Crippen molar-refractivity contribution in [3.05, 3.63) is 121 Å². The monoisotopic (exact) mass is 658 g/mol. The first-order valence-electron chi connectivity index (χ1n) is 13.0. The summed E-state index contributed by atoms with van der Waals surface area (Å²) in [7, 11) is 0. The van der Waals surface area contributed by atoms with E-state index < -0.39 is 0 Å². The van der Waals surface area contributed by atoms with Gasteiger partial charge in [-0.2, -0.15) is 0 Å². The van der Waals surface area contributed by atoms with Gasteiger partial charge >= 0.3 is 0 Å². The summed E-state index contributed by atoms with van der Waals surface area (Å²) in [4.78, 5) is 25.2. The molecule has 0 aliphatic carbocycles. The van der Waals surface area contributed by atoms with Gasteiger partial charge in [0.1, 0.15) is 0 Å². The number of hydrogen-bond donors (Lipinski definition) is 4. The van der Waals surface area contributed by atoms with Crippen molar-refractivity contribution in [3.63, 3.8) is 0 Å². The van der Waals surface area contributed by atoms with Gasteiger partial charge in [0.15, 0.2) is 0 Å². The summed E-state index contributed by atoms with van der Waals surface area (Å²) in [6.07, 6.45) is 10.2. The molecule has 0 amide bonds. The zero-order chi connectivity index (χ0) is 29.9. The number of anilines is 4. The molecule has 11 heteroatoms. The minimum Gasteiger partial charge on any atom is -0.399 e. The van der Waals surface area contributed by atoms with Crippen LogP contribution < -0.4 is 22.9 Å². The van der Waals surface area contributed by atoms with Gasteiger partial charge in [0.2, 0.25) is 0 Å². The molecule has 6 heterocycles. The SMILES string of the molecule is Cc1ccnc(-c2cc(C)ccn2)c1.Nc1ccnc(-c2cc(N)ccn2)c1.Nc1ccnc(-c2cc(N)ccn2)c1.[Ru]. The minimum atomic E-state index is 0. The van der Waals surface area contributed by atoms with Crippen molar-refractivity contribution in [1.82, 2.24) is 29.9 Å². The van der Waals surface area contributed by atoms with Crippen molar-refractivity contribution in [1.29, 1.82) is 0 Å². The second-order valence-corrected chi connectivity index (χ2v) is 9.33. The van der Waals surface area contributed by atoms with E-state index in [0.29, 0.717) is 22.7 Å². The van der Waals surface area contributed by atoms with Crippen LogP contribution in [0.3, 0.4) is 0 Å². The van der Waals surface area contributed by atoms with Crippen molar-refractivity contribution < 1.29 is 19.5 Å². The second-order valence-electron chi connectivity index (χ2n) is 9.33. The Morgan fingerprint density at radius 3 is 0.767 bits per heavy atom. The van der Waals surface area contributed by atoms with Gasteiger partial charge in [-0.15, -0.1) is 0 Å². The van der Waals surface area contributed by atoms with Crippen LogP contribution in [-0.2, 0) is 19.5 Å². The Hall–Kier alpha value is -5.28. The summed E-state index contributed by atoms with van der Waals surface area (Å²) < 4.78 is 0. The molecule has 0 unspecified atom stereocenters. The Kier molecular flexibility index (Phi) is 11.7. The molecule has 0 saturated heterocycles. The van der Waals surface area contributed by atoms with Gasteiger partial charge in [-0.05, 0) is 97.8 Å². The average molecular weight is 658 g/mol. The molecule has 6 aromatic heterocycles. The van der Waals surface area contributed by atoms with E-state index in [1.807, 2.05) is 36.7 Å². The molecule has 8 N–H and O–H groups in total. The van der Waals surface area contributed by atoms with Crippen LogP contribution in [0.15, 0.2) is 110 Å². The van der Waals surface area contributed by atoms with Crippen molar-refractivity contribution in [2.45, 2.75) is 13.8 Å². The van der Waals surface area contributed by atoms with Crippen LogP contribution in [0.2, 0.25) is 0 Å². The van der Waals surface area contributed by atoms with E-state index in [-0.39, 0.29) is 19.5 Å². The van der Waals surface area contributed by atoms with Gasteiger partial charge in [0, 0.05) is 79.4 Å². The largest absolute Gasteiger partial charge is 0.399 e. The summed E-state index contributed by atoms with van der Waals surface area (Å²) in [6.45, 7) is 4.11. The minimum absolute atomic E-state index is 0. The van der Waals surface area contributed by atoms with E-state index in [9.17, 15) is 0 Å². The molecule has 0 aromatic carbocycles. The van der Waals surface area contributed by atoms with Gasteiger partial charge in [0.05, 0.1) is 34.2 Å². The van der Waals surface area contributed by atoms with Crippen LogP contribution in [-0.4, -0.2) is 29.9 Å². The van der Waals surface area contributed by atoms with E-state index >= 15 is 0 Å². The number of nitrogens with two attached hydrogens (primary N) is 4. The van der Waals surface area contributed by atoms with Crippen LogP contribution >= 0.6 is 0 Å². The van der Waals surface area contributed by atoms with Crippen molar-refractivity contribution in [2.75, 3.05) is 22.9 Å². The Morgan fingerprint density at radius 2 is 0.558 bits per heavy atom. The van der Waals surface area contributed by atoms with Crippen molar-refractivity contribution in [3.8, 4) is 34.2 Å². The van der Waals surface area contributed by atoms with E-state index in [4.69, 9.17) is 22.9 Å². The maximum atomic E-state index is 5.63. The van der Waals surface area contributed by atoms with Crippen LogP contribution in [0, 0.1) is 13.8 Å². The molecule has 6 aromatic rings. The molecule has 0 fully saturated rings. The van der Waals surface area contributed by atoms with Gasteiger partial charge < -0.3 is 22.9 Å². The smallest absolute Gasteiger partial charge is 0.0907 e. The Balaban J connectivity index is 0.000000175. The molecular weight excluding hydrogens is 625 g/mol. The zero-order valence-electron chi connectivity index (χ0n) is 23.7. The Morgan fingerprint density at radius 1 is 0.349 bits per heavy atom. The maximum Gasteiger partial charge on any atom is 0.0907 e. The average Bonchev–Trinajstić information content (AvgIpc) is 2.98. The predicted molar refractivity (Wildman–Crippen MR) is 170 cm³/mol. The summed E-state index contributed by atoms with van der Waals surface area (Å²) >= 11 is 0. The molecule has 0 bridgehead atoms. The summed E-state index contributed by atoms with van der Waals surface area (Å²) in [6, 6.07) is 22.0.